The van der Waals surface area contributed by atoms with Crippen LogP contribution in [0.15, 0.2) is 0 Å². The molecule has 1 aliphatic heterocycles. The first kappa shape index (κ1) is 13.0. The molecule has 0 amide bonds. The summed E-state index contributed by atoms with van der Waals surface area (Å²) in [6.45, 7) is 11.5. The van der Waals surface area contributed by atoms with Crippen LogP contribution < -0.4 is 5.73 Å². The van der Waals surface area contributed by atoms with E-state index >= 15 is 0 Å². The second kappa shape index (κ2) is 5.31. The highest BCUT2D eigenvalue weighted by Crippen LogP contribution is 2.23. The summed E-state index contributed by atoms with van der Waals surface area (Å²) in [6.07, 6.45) is 5.14. The summed E-state index contributed by atoms with van der Waals surface area (Å²) in [5, 5.41) is 0. The molecule has 15 heavy (non-hydrogen) atoms. The molecular formula is C13H28N2. The Morgan fingerprint density at radius 3 is 2.60 bits per heavy atom. The van der Waals surface area contributed by atoms with Gasteiger partial charge in [-0.3, -0.25) is 0 Å². The lowest BCUT2D eigenvalue weighted by Gasteiger charge is -2.38. The Bertz CT molecular complexity index is 183. The van der Waals surface area contributed by atoms with Crippen molar-refractivity contribution in [2.75, 3.05) is 13.1 Å². The molecule has 2 heteroatoms. The van der Waals surface area contributed by atoms with Gasteiger partial charge in [0.15, 0.2) is 0 Å². The SMILES string of the molecule is CC1CCCN(CCCC(C)(C)N)C1C. The van der Waals surface area contributed by atoms with Gasteiger partial charge in [-0.15, -0.1) is 0 Å². The third-order valence-electron chi connectivity index (χ3n) is 3.77. The van der Waals surface area contributed by atoms with Crippen LogP contribution in [0.25, 0.3) is 0 Å². The number of hydrogen-bond donors (Lipinski definition) is 1. The maximum Gasteiger partial charge on any atom is 0.00975 e. The zero-order chi connectivity index (χ0) is 11.5. The van der Waals surface area contributed by atoms with Gasteiger partial charge in [0.1, 0.15) is 0 Å². The van der Waals surface area contributed by atoms with Gasteiger partial charge in [0.05, 0.1) is 0 Å². The van der Waals surface area contributed by atoms with Gasteiger partial charge in [0, 0.05) is 11.6 Å². The molecule has 1 heterocycles. The molecule has 2 nitrogen and oxygen atoms in total. The standard InChI is InChI=1S/C13H28N2/c1-11-7-5-9-15(12(11)2)10-6-8-13(3,4)14/h11-12H,5-10,14H2,1-4H3. The van der Waals surface area contributed by atoms with Crippen molar-refractivity contribution in [3.05, 3.63) is 0 Å². The molecule has 0 spiro atoms. The minimum absolute atomic E-state index is 0.00460. The Balaban J connectivity index is 2.26. The molecule has 90 valence electrons. The van der Waals surface area contributed by atoms with Crippen molar-refractivity contribution in [2.45, 2.75) is 65.0 Å². The van der Waals surface area contributed by atoms with E-state index in [1.807, 2.05) is 0 Å². The van der Waals surface area contributed by atoms with E-state index in [-0.39, 0.29) is 5.54 Å². The second-order valence-electron chi connectivity index (χ2n) is 5.99. The fourth-order valence-electron chi connectivity index (χ4n) is 2.47. The minimum Gasteiger partial charge on any atom is -0.326 e. The monoisotopic (exact) mass is 212 g/mol. The number of nitrogens with zero attached hydrogens (tertiary/aromatic N) is 1. The van der Waals surface area contributed by atoms with Crippen molar-refractivity contribution >= 4 is 0 Å². The van der Waals surface area contributed by atoms with Gasteiger partial charge >= 0.3 is 0 Å². The van der Waals surface area contributed by atoms with Crippen molar-refractivity contribution in [2.24, 2.45) is 11.7 Å². The molecular weight excluding hydrogens is 184 g/mol. The first-order valence-corrected chi connectivity index (χ1v) is 6.43. The maximum atomic E-state index is 5.99. The van der Waals surface area contributed by atoms with Crippen LogP contribution in [0.5, 0.6) is 0 Å². The normalized spacial score (nSPS) is 29.4. The van der Waals surface area contributed by atoms with E-state index < -0.39 is 0 Å². The van der Waals surface area contributed by atoms with Gasteiger partial charge in [0.2, 0.25) is 0 Å². The highest BCUT2D eigenvalue weighted by atomic mass is 15.2. The van der Waals surface area contributed by atoms with Crippen LogP contribution in [0.4, 0.5) is 0 Å². The third-order valence-corrected chi connectivity index (χ3v) is 3.77. The van der Waals surface area contributed by atoms with E-state index in [0.717, 1.165) is 18.4 Å². The van der Waals surface area contributed by atoms with Crippen LogP contribution in [0.3, 0.4) is 0 Å². The molecule has 1 fully saturated rings. The summed E-state index contributed by atoms with van der Waals surface area (Å²) in [7, 11) is 0. The molecule has 0 aromatic heterocycles. The summed E-state index contributed by atoms with van der Waals surface area (Å²) in [5.74, 6) is 0.865. The molecule has 0 aromatic rings. The first-order chi connectivity index (χ1) is 6.90. The number of likely N-dealkylation sites (tertiary alicyclic amines) is 1. The van der Waals surface area contributed by atoms with Gasteiger partial charge in [0.25, 0.3) is 0 Å². The number of piperidine rings is 1. The number of nitrogens with two attached hydrogens (primary N) is 1. The van der Waals surface area contributed by atoms with E-state index in [1.54, 1.807) is 0 Å². The molecule has 0 radical (unpaired) electrons. The predicted molar refractivity (Wildman–Crippen MR) is 66.9 cm³/mol. The second-order valence-corrected chi connectivity index (χ2v) is 5.99. The summed E-state index contributed by atoms with van der Waals surface area (Å²) in [5.41, 5.74) is 6.00. The Labute approximate surface area is 95.2 Å². The Morgan fingerprint density at radius 1 is 1.33 bits per heavy atom. The Morgan fingerprint density at radius 2 is 2.00 bits per heavy atom. The lowest BCUT2D eigenvalue weighted by Crippen LogP contribution is -2.43. The Hall–Kier alpha value is -0.0800. The lowest BCUT2D eigenvalue weighted by molar-refractivity contribution is 0.110. The highest BCUT2D eigenvalue weighted by molar-refractivity contribution is 4.79. The van der Waals surface area contributed by atoms with Crippen LogP contribution in [0.1, 0.15) is 53.4 Å². The smallest absolute Gasteiger partial charge is 0.00975 e. The molecule has 0 saturated carbocycles. The van der Waals surface area contributed by atoms with E-state index in [2.05, 4.69) is 32.6 Å². The van der Waals surface area contributed by atoms with Crippen LogP contribution >= 0.6 is 0 Å². The number of rotatable bonds is 4. The predicted octanol–water partition coefficient (Wildman–Crippen LogP) is 2.62. The summed E-state index contributed by atoms with van der Waals surface area (Å²) >= 11 is 0. The quantitative estimate of drug-likeness (QED) is 0.776. The van der Waals surface area contributed by atoms with Crippen LogP contribution in [0.2, 0.25) is 0 Å². The van der Waals surface area contributed by atoms with E-state index in [0.29, 0.717) is 0 Å². The molecule has 2 N–H and O–H groups in total. The largest absolute Gasteiger partial charge is 0.326 e. The first-order valence-electron chi connectivity index (χ1n) is 6.43. The van der Waals surface area contributed by atoms with Gasteiger partial charge in [-0.25, -0.2) is 0 Å². The van der Waals surface area contributed by atoms with Crippen LogP contribution in [-0.2, 0) is 0 Å². The van der Waals surface area contributed by atoms with Crippen molar-refractivity contribution < 1.29 is 0 Å². The van der Waals surface area contributed by atoms with Gasteiger partial charge in [-0.2, -0.15) is 0 Å². The molecule has 2 unspecified atom stereocenters. The maximum absolute atomic E-state index is 5.99. The van der Waals surface area contributed by atoms with E-state index in [9.17, 15) is 0 Å². The van der Waals surface area contributed by atoms with Crippen molar-refractivity contribution in [3.8, 4) is 0 Å². The molecule has 1 saturated heterocycles. The van der Waals surface area contributed by atoms with E-state index in [4.69, 9.17) is 5.73 Å². The molecule has 0 aliphatic carbocycles. The molecule has 2 atom stereocenters. The van der Waals surface area contributed by atoms with Crippen molar-refractivity contribution in [1.29, 1.82) is 0 Å². The zero-order valence-corrected chi connectivity index (χ0v) is 10.9. The van der Waals surface area contributed by atoms with Gasteiger partial charge in [-0.1, -0.05) is 6.92 Å². The van der Waals surface area contributed by atoms with Crippen molar-refractivity contribution in [3.63, 3.8) is 0 Å². The third kappa shape index (κ3) is 4.52. The molecule has 0 bridgehead atoms. The lowest BCUT2D eigenvalue weighted by atomic mass is 9.91. The van der Waals surface area contributed by atoms with Crippen LogP contribution in [0, 0.1) is 5.92 Å². The molecule has 1 aliphatic rings. The van der Waals surface area contributed by atoms with Gasteiger partial charge in [-0.05, 0) is 65.5 Å². The zero-order valence-electron chi connectivity index (χ0n) is 10.9. The fraction of sp³-hybridized carbons (Fsp3) is 1.00. The van der Waals surface area contributed by atoms with E-state index in [1.165, 1.54) is 32.4 Å². The van der Waals surface area contributed by atoms with Gasteiger partial charge < -0.3 is 10.6 Å². The summed E-state index contributed by atoms with van der Waals surface area (Å²) in [6, 6.07) is 0.764. The van der Waals surface area contributed by atoms with Crippen LogP contribution in [-0.4, -0.2) is 29.6 Å². The fourth-order valence-corrected chi connectivity index (χ4v) is 2.47. The minimum atomic E-state index is 0.00460. The highest BCUT2D eigenvalue weighted by Gasteiger charge is 2.24. The summed E-state index contributed by atoms with van der Waals surface area (Å²) in [4.78, 5) is 2.64. The Kier molecular flexibility index (Phi) is 4.60. The van der Waals surface area contributed by atoms with Crippen molar-refractivity contribution in [1.82, 2.24) is 4.90 Å². The summed E-state index contributed by atoms with van der Waals surface area (Å²) < 4.78 is 0. The molecule has 0 aromatic carbocycles. The average Bonchev–Trinajstić information content (AvgIpc) is 2.10. The topological polar surface area (TPSA) is 29.3 Å². The average molecular weight is 212 g/mol. The number of hydrogen-bond acceptors (Lipinski definition) is 2. The molecule has 1 rings (SSSR count).